The molecule has 1 aliphatic carbocycles. The summed E-state index contributed by atoms with van der Waals surface area (Å²) in [4.78, 5) is 13.4. The van der Waals surface area contributed by atoms with E-state index < -0.39 is 11.8 Å². The summed E-state index contributed by atoms with van der Waals surface area (Å²) >= 11 is 0. The van der Waals surface area contributed by atoms with Gasteiger partial charge in [0.1, 0.15) is 5.75 Å². The summed E-state index contributed by atoms with van der Waals surface area (Å²) in [6.07, 6.45) is 4.06. The maximum absolute atomic E-state index is 8.72. The first-order valence-electron chi connectivity index (χ1n) is 7.63. The lowest BCUT2D eigenvalue weighted by Gasteiger charge is -2.21. The molecule has 6 heteroatoms. The Hall–Kier alpha value is -1.75. The maximum Gasteiger partial charge on any atom is 0.196 e. The second-order valence-corrected chi connectivity index (χ2v) is 6.45. The second kappa shape index (κ2) is 7.49. The molecule has 1 saturated carbocycles. The van der Waals surface area contributed by atoms with E-state index in [4.69, 9.17) is 20.0 Å². The summed E-state index contributed by atoms with van der Waals surface area (Å²) in [6.45, 7) is 5.58. The van der Waals surface area contributed by atoms with Gasteiger partial charge in [-0.2, -0.15) is 0 Å². The molecule has 6 nitrogen and oxygen atoms in total. The molecule has 0 N–H and O–H groups in total. The van der Waals surface area contributed by atoms with Crippen molar-refractivity contribution in [2.24, 2.45) is 5.11 Å². The van der Waals surface area contributed by atoms with Gasteiger partial charge in [0.2, 0.25) is 0 Å². The molecule has 1 aromatic rings. The Balaban J connectivity index is 2.08. The van der Waals surface area contributed by atoms with Crippen molar-refractivity contribution in [2.45, 2.75) is 64.4 Å². The molecule has 1 aromatic carbocycles. The molecule has 0 spiro atoms. The van der Waals surface area contributed by atoms with Crippen LogP contribution in [0.5, 0.6) is 5.75 Å². The number of nitrogens with zero attached hydrogens (tertiary/aromatic N) is 3. The topological polar surface area (TPSA) is 76.5 Å². The summed E-state index contributed by atoms with van der Waals surface area (Å²) in [7, 11) is 0. The van der Waals surface area contributed by atoms with Crippen molar-refractivity contribution < 1.29 is 14.5 Å². The quantitative estimate of drug-likeness (QED) is 0.242. The van der Waals surface area contributed by atoms with Crippen molar-refractivity contribution >= 4 is 0 Å². The molecule has 1 atom stereocenters. The first-order chi connectivity index (χ1) is 10.5. The molecule has 1 unspecified atom stereocenters. The van der Waals surface area contributed by atoms with E-state index in [1.54, 1.807) is 0 Å². The molecule has 2 rings (SSSR count). The van der Waals surface area contributed by atoms with Crippen LogP contribution in [-0.4, -0.2) is 11.7 Å². The first kappa shape index (κ1) is 16.6. The number of benzene rings is 1. The van der Waals surface area contributed by atoms with E-state index in [9.17, 15) is 0 Å². The molecule has 1 aliphatic rings. The predicted molar refractivity (Wildman–Crippen MR) is 83.1 cm³/mol. The third kappa shape index (κ3) is 5.22. The predicted octanol–water partition coefficient (Wildman–Crippen LogP) is 5.06. The zero-order valence-corrected chi connectivity index (χ0v) is 13.4. The average Bonchev–Trinajstić information content (AvgIpc) is 2.95. The monoisotopic (exact) mass is 305 g/mol. The van der Waals surface area contributed by atoms with Gasteiger partial charge in [0, 0.05) is 4.91 Å². The van der Waals surface area contributed by atoms with Crippen LogP contribution in [-0.2, 0) is 9.78 Å². The van der Waals surface area contributed by atoms with Crippen LogP contribution in [0, 0.1) is 0 Å². The molecule has 0 heterocycles. The van der Waals surface area contributed by atoms with E-state index in [1.165, 1.54) is 12.8 Å². The van der Waals surface area contributed by atoms with Gasteiger partial charge in [0.15, 0.2) is 6.23 Å². The second-order valence-electron chi connectivity index (χ2n) is 6.45. The third-order valence-electron chi connectivity index (χ3n) is 3.29. The Morgan fingerprint density at radius 2 is 2.00 bits per heavy atom. The molecule has 0 radical (unpaired) electrons. The van der Waals surface area contributed by atoms with Crippen molar-refractivity contribution in [3.05, 3.63) is 40.3 Å². The fraction of sp³-hybridized carbons (Fsp3) is 0.625. The van der Waals surface area contributed by atoms with Crippen LogP contribution in [0.4, 0.5) is 0 Å². The summed E-state index contributed by atoms with van der Waals surface area (Å²) < 4.78 is 5.96. The van der Waals surface area contributed by atoms with E-state index in [-0.39, 0.29) is 6.10 Å². The van der Waals surface area contributed by atoms with Crippen LogP contribution in [0.25, 0.3) is 10.4 Å². The lowest BCUT2D eigenvalue weighted by molar-refractivity contribution is -0.374. The SMILES string of the molecule is CC(C)(C)OOC(N=[N+]=[N-])c1cccc(OC2CCCC2)c1. The fourth-order valence-electron chi connectivity index (χ4n) is 2.32. The summed E-state index contributed by atoms with van der Waals surface area (Å²) in [5, 5.41) is 3.65. The Morgan fingerprint density at radius 1 is 1.27 bits per heavy atom. The van der Waals surface area contributed by atoms with E-state index in [1.807, 2.05) is 45.0 Å². The van der Waals surface area contributed by atoms with Crippen molar-refractivity contribution in [3.8, 4) is 5.75 Å². The minimum atomic E-state index is -0.837. The highest BCUT2D eigenvalue weighted by Gasteiger charge is 2.20. The Kier molecular flexibility index (Phi) is 5.66. The highest BCUT2D eigenvalue weighted by Crippen LogP contribution is 2.28. The number of rotatable bonds is 6. The highest BCUT2D eigenvalue weighted by atomic mass is 17.2. The van der Waals surface area contributed by atoms with E-state index >= 15 is 0 Å². The molecule has 120 valence electrons. The van der Waals surface area contributed by atoms with Crippen LogP contribution in [0.15, 0.2) is 29.4 Å². The summed E-state index contributed by atoms with van der Waals surface area (Å²) in [5.74, 6) is 0.766. The van der Waals surface area contributed by atoms with Crippen LogP contribution < -0.4 is 4.74 Å². The molecule has 0 amide bonds. The largest absolute Gasteiger partial charge is 0.490 e. The zero-order valence-electron chi connectivity index (χ0n) is 13.4. The summed E-state index contributed by atoms with van der Waals surface area (Å²) in [6, 6.07) is 7.43. The standard InChI is InChI=1S/C16H23N3O3/c1-16(2,3)22-21-15(18-19-17)12-7-6-10-14(11-12)20-13-8-4-5-9-13/h6-7,10-11,13,15H,4-5,8-9H2,1-3H3. The van der Waals surface area contributed by atoms with E-state index in [2.05, 4.69) is 10.0 Å². The minimum Gasteiger partial charge on any atom is -0.490 e. The van der Waals surface area contributed by atoms with Gasteiger partial charge in [0.05, 0.1) is 11.7 Å². The van der Waals surface area contributed by atoms with Gasteiger partial charge in [-0.25, -0.2) is 9.78 Å². The van der Waals surface area contributed by atoms with Crippen LogP contribution in [0.2, 0.25) is 0 Å². The number of azide groups is 1. The molecular formula is C16H23N3O3. The maximum atomic E-state index is 8.72. The van der Waals surface area contributed by atoms with Gasteiger partial charge in [-0.15, -0.1) is 0 Å². The zero-order chi connectivity index (χ0) is 16.0. The van der Waals surface area contributed by atoms with Gasteiger partial charge in [-0.1, -0.05) is 17.2 Å². The van der Waals surface area contributed by atoms with Crippen LogP contribution in [0.3, 0.4) is 0 Å². The minimum absolute atomic E-state index is 0.278. The molecule has 0 saturated heterocycles. The normalized spacial score (nSPS) is 17.0. The molecule has 0 aromatic heterocycles. The Morgan fingerprint density at radius 3 is 2.64 bits per heavy atom. The summed E-state index contributed by atoms with van der Waals surface area (Å²) in [5.41, 5.74) is 8.94. The van der Waals surface area contributed by atoms with Crippen molar-refractivity contribution in [3.63, 3.8) is 0 Å². The third-order valence-corrected chi connectivity index (χ3v) is 3.29. The number of hydrogen-bond donors (Lipinski definition) is 0. The van der Waals surface area contributed by atoms with E-state index in [0.29, 0.717) is 5.56 Å². The smallest absolute Gasteiger partial charge is 0.196 e. The Bertz CT molecular complexity index is 530. The fourth-order valence-corrected chi connectivity index (χ4v) is 2.32. The van der Waals surface area contributed by atoms with Crippen molar-refractivity contribution in [2.75, 3.05) is 0 Å². The van der Waals surface area contributed by atoms with Gasteiger partial charge in [-0.3, -0.25) is 0 Å². The number of hydrogen-bond acceptors (Lipinski definition) is 4. The van der Waals surface area contributed by atoms with E-state index in [0.717, 1.165) is 18.6 Å². The average molecular weight is 305 g/mol. The van der Waals surface area contributed by atoms with Crippen LogP contribution in [0.1, 0.15) is 58.2 Å². The molecule has 1 fully saturated rings. The lowest BCUT2D eigenvalue weighted by Crippen LogP contribution is -2.20. The molecule has 0 aliphatic heterocycles. The highest BCUT2D eigenvalue weighted by molar-refractivity contribution is 5.30. The Labute approximate surface area is 130 Å². The number of ether oxygens (including phenoxy) is 1. The first-order valence-corrected chi connectivity index (χ1v) is 7.63. The van der Waals surface area contributed by atoms with Crippen LogP contribution >= 0.6 is 0 Å². The molecule has 0 bridgehead atoms. The van der Waals surface area contributed by atoms with Gasteiger partial charge >= 0.3 is 0 Å². The van der Waals surface area contributed by atoms with Crippen molar-refractivity contribution in [1.82, 2.24) is 0 Å². The molecule has 22 heavy (non-hydrogen) atoms. The molecular weight excluding hydrogens is 282 g/mol. The lowest BCUT2D eigenvalue weighted by atomic mass is 10.2. The van der Waals surface area contributed by atoms with Gasteiger partial charge < -0.3 is 4.74 Å². The van der Waals surface area contributed by atoms with Gasteiger partial charge in [0.25, 0.3) is 0 Å². The van der Waals surface area contributed by atoms with Crippen molar-refractivity contribution in [1.29, 1.82) is 0 Å². The van der Waals surface area contributed by atoms with Gasteiger partial charge in [-0.05, 0) is 69.7 Å².